The van der Waals surface area contributed by atoms with Gasteiger partial charge in [-0.3, -0.25) is 0 Å². The minimum absolute atomic E-state index is 0.328. The highest BCUT2D eigenvalue weighted by Crippen LogP contribution is 2.32. The Morgan fingerprint density at radius 1 is 1.19 bits per heavy atom. The van der Waals surface area contributed by atoms with Gasteiger partial charge in [-0.2, -0.15) is 0 Å². The molecule has 3 unspecified atom stereocenters. The number of aromatic nitrogens is 1. The maximum Gasteiger partial charge on any atom is 0.198 e. The third-order valence-corrected chi connectivity index (χ3v) is 4.87. The second kappa shape index (κ2) is 5.70. The number of hydrogen-bond donors (Lipinski definition) is 1. The van der Waals surface area contributed by atoms with Gasteiger partial charge in [0.2, 0.25) is 0 Å². The van der Waals surface area contributed by atoms with Crippen LogP contribution in [0.1, 0.15) is 58.8 Å². The monoisotopic (exact) mass is 286 g/mol. The summed E-state index contributed by atoms with van der Waals surface area (Å²) in [5.41, 5.74) is 3.01. The highest BCUT2D eigenvalue weighted by molar-refractivity contribution is 5.77. The van der Waals surface area contributed by atoms with E-state index in [0.29, 0.717) is 12.0 Å². The summed E-state index contributed by atoms with van der Waals surface area (Å²) in [6, 6.07) is 6.85. The van der Waals surface area contributed by atoms with Crippen LogP contribution in [0.15, 0.2) is 22.6 Å². The maximum atomic E-state index is 5.77. The largest absolute Gasteiger partial charge is 0.440 e. The van der Waals surface area contributed by atoms with Crippen molar-refractivity contribution in [1.82, 2.24) is 4.98 Å². The molecule has 3 atom stereocenters. The first-order chi connectivity index (χ1) is 10.0. The Labute approximate surface area is 127 Å². The Balaban J connectivity index is 1.75. The number of benzene rings is 1. The molecule has 1 aromatic carbocycles. The van der Waals surface area contributed by atoms with Gasteiger partial charge in [-0.15, -0.1) is 0 Å². The fraction of sp³-hybridized carbons (Fsp3) is 0.611. The average molecular weight is 286 g/mol. The Bertz CT molecular complexity index is 617. The SMILES string of the molecule is CC(C)c1nc2cc(NC3CCC(C)C(C)C3)ccc2o1. The van der Waals surface area contributed by atoms with E-state index < -0.39 is 0 Å². The number of nitrogens with one attached hydrogen (secondary N) is 1. The second-order valence-corrected chi connectivity index (χ2v) is 7.00. The van der Waals surface area contributed by atoms with Crippen LogP contribution in [-0.2, 0) is 0 Å². The minimum Gasteiger partial charge on any atom is -0.440 e. The molecular weight excluding hydrogens is 260 g/mol. The Kier molecular flexibility index (Phi) is 3.92. The second-order valence-electron chi connectivity index (χ2n) is 7.00. The molecule has 0 spiro atoms. The first-order valence-corrected chi connectivity index (χ1v) is 8.20. The molecule has 3 heteroatoms. The van der Waals surface area contributed by atoms with E-state index in [1.165, 1.54) is 19.3 Å². The summed E-state index contributed by atoms with van der Waals surface area (Å²) in [6.07, 6.45) is 3.84. The van der Waals surface area contributed by atoms with Crippen LogP contribution in [0.4, 0.5) is 5.69 Å². The van der Waals surface area contributed by atoms with Crippen molar-refractivity contribution in [3.05, 3.63) is 24.1 Å². The zero-order chi connectivity index (χ0) is 15.0. The highest BCUT2D eigenvalue weighted by atomic mass is 16.3. The topological polar surface area (TPSA) is 38.1 Å². The van der Waals surface area contributed by atoms with E-state index in [9.17, 15) is 0 Å². The standard InChI is InChI=1S/C18H26N2O/c1-11(2)18-20-16-10-15(7-8-17(16)21-18)19-14-6-5-12(3)13(4)9-14/h7-8,10-14,19H,5-6,9H2,1-4H3. The molecule has 0 radical (unpaired) electrons. The van der Waals surface area contributed by atoms with Crippen molar-refractivity contribution in [2.24, 2.45) is 11.8 Å². The summed E-state index contributed by atoms with van der Waals surface area (Å²) < 4.78 is 5.77. The van der Waals surface area contributed by atoms with Crippen molar-refractivity contribution in [1.29, 1.82) is 0 Å². The van der Waals surface area contributed by atoms with Gasteiger partial charge >= 0.3 is 0 Å². The minimum atomic E-state index is 0.328. The van der Waals surface area contributed by atoms with Crippen LogP contribution >= 0.6 is 0 Å². The van der Waals surface area contributed by atoms with E-state index in [1.54, 1.807) is 0 Å². The van der Waals surface area contributed by atoms with Crippen molar-refractivity contribution in [3.63, 3.8) is 0 Å². The van der Waals surface area contributed by atoms with E-state index in [0.717, 1.165) is 34.5 Å². The van der Waals surface area contributed by atoms with Crippen LogP contribution in [0.2, 0.25) is 0 Å². The summed E-state index contributed by atoms with van der Waals surface area (Å²) >= 11 is 0. The smallest absolute Gasteiger partial charge is 0.198 e. The molecule has 21 heavy (non-hydrogen) atoms. The van der Waals surface area contributed by atoms with Crippen LogP contribution in [0.5, 0.6) is 0 Å². The van der Waals surface area contributed by atoms with Crippen LogP contribution in [0, 0.1) is 11.8 Å². The van der Waals surface area contributed by atoms with Gasteiger partial charge in [0.05, 0.1) is 0 Å². The molecule has 114 valence electrons. The summed E-state index contributed by atoms with van der Waals surface area (Å²) in [4.78, 5) is 4.59. The molecule has 1 aliphatic rings. The summed E-state index contributed by atoms with van der Waals surface area (Å²) in [5, 5.41) is 3.68. The predicted octanol–water partition coefficient (Wildman–Crippen LogP) is 5.19. The van der Waals surface area contributed by atoms with Crippen LogP contribution < -0.4 is 5.32 Å². The number of rotatable bonds is 3. The van der Waals surface area contributed by atoms with Crippen molar-refractivity contribution in [3.8, 4) is 0 Å². The normalized spacial score (nSPS) is 26.4. The van der Waals surface area contributed by atoms with Crippen molar-refractivity contribution in [2.45, 2.75) is 58.9 Å². The highest BCUT2D eigenvalue weighted by Gasteiger charge is 2.24. The maximum absolute atomic E-state index is 5.77. The van der Waals surface area contributed by atoms with E-state index >= 15 is 0 Å². The summed E-state index contributed by atoms with van der Waals surface area (Å²) in [7, 11) is 0. The van der Waals surface area contributed by atoms with E-state index in [1.807, 2.05) is 6.07 Å². The van der Waals surface area contributed by atoms with E-state index in [4.69, 9.17) is 4.42 Å². The van der Waals surface area contributed by atoms with Gasteiger partial charge in [0.1, 0.15) is 5.52 Å². The van der Waals surface area contributed by atoms with Crippen molar-refractivity contribution >= 4 is 16.8 Å². The third-order valence-electron chi connectivity index (χ3n) is 4.87. The van der Waals surface area contributed by atoms with Gasteiger partial charge in [-0.25, -0.2) is 4.98 Å². The zero-order valence-corrected chi connectivity index (χ0v) is 13.5. The molecule has 1 saturated carbocycles. The Morgan fingerprint density at radius 3 is 2.71 bits per heavy atom. The van der Waals surface area contributed by atoms with E-state index in [2.05, 4.69) is 50.1 Å². The lowest BCUT2D eigenvalue weighted by molar-refractivity contribution is 0.261. The molecule has 3 rings (SSSR count). The van der Waals surface area contributed by atoms with Gasteiger partial charge in [0.15, 0.2) is 11.5 Å². The number of nitrogens with zero attached hydrogens (tertiary/aromatic N) is 1. The third kappa shape index (κ3) is 3.07. The number of anilines is 1. The zero-order valence-electron chi connectivity index (χ0n) is 13.5. The van der Waals surface area contributed by atoms with Gasteiger partial charge < -0.3 is 9.73 Å². The lowest BCUT2D eigenvalue weighted by Gasteiger charge is -2.33. The van der Waals surface area contributed by atoms with Crippen LogP contribution in [0.3, 0.4) is 0 Å². The molecule has 1 heterocycles. The molecule has 0 saturated heterocycles. The van der Waals surface area contributed by atoms with Gasteiger partial charge in [0.25, 0.3) is 0 Å². The average Bonchev–Trinajstić information content (AvgIpc) is 2.86. The number of hydrogen-bond acceptors (Lipinski definition) is 3. The van der Waals surface area contributed by atoms with Gasteiger partial charge in [0, 0.05) is 17.6 Å². The number of oxazole rings is 1. The fourth-order valence-electron chi connectivity index (χ4n) is 3.20. The molecular formula is C18H26N2O. The number of fused-ring (bicyclic) bond motifs is 1. The van der Waals surface area contributed by atoms with Crippen molar-refractivity contribution in [2.75, 3.05) is 5.32 Å². The molecule has 0 bridgehead atoms. The molecule has 1 fully saturated rings. The fourth-order valence-corrected chi connectivity index (χ4v) is 3.20. The van der Waals surface area contributed by atoms with Crippen LogP contribution in [0.25, 0.3) is 11.1 Å². The summed E-state index contributed by atoms with van der Waals surface area (Å²) in [6.45, 7) is 8.95. The molecule has 2 aromatic rings. The van der Waals surface area contributed by atoms with E-state index in [-0.39, 0.29) is 0 Å². The van der Waals surface area contributed by atoms with Crippen molar-refractivity contribution < 1.29 is 4.42 Å². The first kappa shape index (κ1) is 14.4. The molecule has 1 aliphatic carbocycles. The quantitative estimate of drug-likeness (QED) is 0.844. The lowest BCUT2D eigenvalue weighted by Crippen LogP contribution is -2.30. The van der Waals surface area contributed by atoms with Gasteiger partial charge in [-0.1, -0.05) is 27.7 Å². The Hall–Kier alpha value is -1.51. The molecule has 1 aromatic heterocycles. The lowest BCUT2D eigenvalue weighted by atomic mass is 9.79. The first-order valence-electron chi connectivity index (χ1n) is 8.20. The Morgan fingerprint density at radius 2 is 2.00 bits per heavy atom. The van der Waals surface area contributed by atoms with Crippen LogP contribution in [-0.4, -0.2) is 11.0 Å². The molecule has 1 N–H and O–H groups in total. The molecule has 3 nitrogen and oxygen atoms in total. The molecule has 0 aliphatic heterocycles. The summed E-state index contributed by atoms with van der Waals surface area (Å²) in [5.74, 6) is 2.81. The van der Waals surface area contributed by atoms with Gasteiger partial charge in [-0.05, 0) is 49.3 Å². The molecule has 0 amide bonds. The predicted molar refractivity (Wildman–Crippen MR) is 87.7 cm³/mol.